The topological polar surface area (TPSA) is 44.0 Å². The monoisotopic (exact) mass is 342 g/mol. The van der Waals surface area contributed by atoms with E-state index >= 15 is 0 Å². The second kappa shape index (κ2) is 8.39. The lowest BCUT2D eigenvalue weighted by Gasteiger charge is -2.29. The SMILES string of the molecule is CCN1CCCC1CN(C)C(=NC)NCCc1cc2ccccc2o1. The lowest BCUT2D eigenvalue weighted by molar-refractivity contribution is 0.233. The molecule has 0 amide bonds. The van der Waals surface area contributed by atoms with E-state index in [4.69, 9.17) is 4.42 Å². The number of guanidine groups is 1. The number of hydrogen-bond acceptors (Lipinski definition) is 3. The van der Waals surface area contributed by atoms with Gasteiger partial charge in [-0.1, -0.05) is 25.1 Å². The van der Waals surface area contributed by atoms with Gasteiger partial charge in [-0.25, -0.2) is 0 Å². The largest absolute Gasteiger partial charge is 0.461 e. The minimum atomic E-state index is 0.643. The van der Waals surface area contributed by atoms with Crippen molar-refractivity contribution in [2.75, 3.05) is 40.3 Å². The third-order valence-corrected chi connectivity index (χ3v) is 5.09. The van der Waals surface area contributed by atoms with Crippen molar-refractivity contribution >= 4 is 16.9 Å². The van der Waals surface area contributed by atoms with E-state index in [9.17, 15) is 0 Å². The van der Waals surface area contributed by atoms with Crippen molar-refractivity contribution in [3.8, 4) is 0 Å². The van der Waals surface area contributed by atoms with Crippen LogP contribution in [0.2, 0.25) is 0 Å². The average molecular weight is 342 g/mol. The van der Waals surface area contributed by atoms with E-state index in [-0.39, 0.29) is 0 Å². The van der Waals surface area contributed by atoms with Gasteiger partial charge in [0.1, 0.15) is 11.3 Å². The zero-order valence-electron chi connectivity index (χ0n) is 15.7. The van der Waals surface area contributed by atoms with Gasteiger partial charge in [0.05, 0.1) is 0 Å². The highest BCUT2D eigenvalue weighted by atomic mass is 16.3. The molecule has 1 aromatic carbocycles. The Morgan fingerprint density at radius 1 is 1.40 bits per heavy atom. The number of fused-ring (bicyclic) bond motifs is 1. The molecule has 0 saturated carbocycles. The van der Waals surface area contributed by atoms with E-state index in [1.165, 1.54) is 24.8 Å². The van der Waals surface area contributed by atoms with Crippen molar-refractivity contribution in [2.24, 2.45) is 4.99 Å². The molecule has 136 valence electrons. The minimum absolute atomic E-state index is 0.643. The average Bonchev–Trinajstić information content (AvgIpc) is 3.24. The number of furan rings is 1. The van der Waals surface area contributed by atoms with Crippen molar-refractivity contribution in [3.63, 3.8) is 0 Å². The number of likely N-dealkylation sites (tertiary alicyclic amines) is 1. The standard InChI is InChI=1S/C20H30N4O/c1-4-24-13-7-9-17(24)15-23(3)20(21-2)22-12-11-18-14-16-8-5-6-10-19(16)25-18/h5-6,8,10,14,17H,4,7,9,11-13,15H2,1-3H3,(H,21,22). The first-order valence-corrected chi connectivity index (χ1v) is 9.34. The molecule has 2 heterocycles. The van der Waals surface area contributed by atoms with Crippen LogP contribution >= 0.6 is 0 Å². The number of para-hydroxylation sites is 1. The minimum Gasteiger partial charge on any atom is -0.461 e. The van der Waals surface area contributed by atoms with Gasteiger partial charge in [-0.3, -0.25) is 9.89 Å². The molecule has 1 aliphatic heterocycles. The quantitative estimate of drug-likeness (QED) is 0.647. The van der Waals surface area contributed by atoms with Crippen molar-refractivity contribution in [2.45, 2.75) is 32.2 Å². The molecular weight excluding hydrogens is 312 g/mol. The van der Waals surface area contributed by atoms with Crippen molar-refractivity contribution in [1.29, 1.82) is 0 Å². The Kier molecular flexibility index (Phi) is 5.97. The maximum Gasteiger partial charge on any atom is 0.193 e. The van der Waals surface area contributed by atoms with Gasteiger partial charge < -0.3 is 14.6 Å². The first-order chi connectivity index (χ1) is 12.2. The zero-order valence-corrected chi connectivity index (χ0v) is 15.7. The maximum atomic E-state index is 5.88. The Morgan fingerprint density at radius 2 is 2.24 bits per heavy atom. The van der Waals surface area contributed by atoms with Gasteiger partial charge in [0, 0.05) is 45.0 Å². The van der Waals surface area contributed by atoms with Crippen molar-refractivity contribution in [1.82, 2.24) is 15.1 Å². The summed E-state index contributed by atoms with van der Waals surface area (Å²) in [6.07, 6.45) is 3.45. The number of likely N-dealkylation sites (N-methyl/N-ethyl adjacent to an activating group) is 2. The number of nitrogens with one attached hydrogen (secondary N) is 1. The van der Waals surface area contributed by atoms with Gasteiger partial charge in [0.2, 0.25) is 0 Å². The van der Waals surface area contributed by atoms with Crippen LogP contribution in [-0.2, 0) is 6.42 Å². The molecule has 5 nitrogen and oxygen atoms in total. The molecule has 0 bridgehead atoms. The van der Waals surface area contributed by atoms with Gasteiger partial charge in [-0.05, 0) is 38.1 Å². The van der Waals surface area contributed by atoms with Crippen LogP contribution in [0.4, 0.5) is 0 Å². The van der Waals surface area contributed by atoms with Gasteiger partial charge in [-0.15, -0.1) is 0 Å². The molecule has 3 rings (SSSR count). The summed E-state index contributed by atoms with van der Waals surface area (Å²) in [5.41, 5.74) is 0.958. The molecule has 1 atom stereocenters. The Morgan fingerprint density at radius 3 is 3.00 bits per heavy atom. The fraction of sp³-hybridized carbons (Fsp3) is 0.550. The van der Waals surface area contributed by atoms with Crippen LogP contribution in [-0.4, -0.2) is 62.1 Å². The Labute approximate surface area is 150 Å². The molecule has 25 heavy (non-hydrogen) atoms. The maximum absolute atomic E-state index is 5.88. The van der Waals surface area contributed by atoms with Gasteiger partial charge in [0.25, 0.3) is 0 Å². The normalized spacial score (nSPS) is 18.8. The number of rotatable bonds is 6. The molecule has 1 fully saturated rings. The van der Waals surface area contributed by atoms with Crippen LogP contribution in [0.3, 0.4) is 0 Å². The van der Waals surface area contributed by atoms with E-state index in [1.54, 1.807) is 0 Å². The number of nitrogens with zero attached hydrogens (tertiary/aromatic N) is 3. The Balaban J connectivity index is 1.50. The first-order valence-electron chi connectivity index (χ1n) is 9.34. The summed E-state index contributed by atoms with van der Waals surface area (Å²) in [5, 5.41) is 4.63. The summed E-state index contributed by atoms with van der Waals surface area (Å²) in [6.45, 7) is 6.46. The summed E-state index contributed by atoms with van der Waals surface area (Å²) in [6, 6.07) is 10.9. The summed E-state index contributed by atoms with van der Waals surface area (Å²) in [5.74, 6) is 1.97. The van der Waals surface area contributed by atoms with Crippen molar-refractivity contribution < 1.29 is 4.42 Å². The van der Waals surface area contributed by atoms with Crippen LogP contribution in [0.25, 0.3) is 11.0 Å². The third-order valence-electron chi connectivity index (χ3n) is 5.09. The van der Waals surface area contributed by atoms with E-state index in [2.05, 4.69) is 46.2 Å². The molecule has 1 aliphatic rings. The van der Waals surface area contributed by atoms with E-state index in [0.717, 1.165) is 43.4 Å². The molecule has 0 radical (unpaired) electrons. The van der Waals surface area contributed by atoms with Gasteiger partial charge in [-0.2, -0.15) is 0 Å². The lowest BCUT2D eigenvalue weighted by atomic mass is 10.2. The lowest BCUT2D eigenvalue weighted by Crippen LogP contribution is -2.46. The second-order valence-corrected chi connectivity index (χ2v) is 6.78. The van der Waals surface area contributed by atoms with Gasteiger partial charge in [0.15, 0.2) is 5.96 Å². The predicted octanol–water partition coefficient (Wildman–Crippen LogP) is 2.97. The molecule has 2 aromatic rings. The molecule has 1 N–H and O–H groups in total. The fourth-order valence-corrected chi connectivity index (χ4v) is 3.76. The molecule has 1 unspecified atom stereocenters. The molecule has 0 aliphatic carbocycles. The number of hydrogen-bond donors (Lipinski definition) is 1. The van der Waals surface area contributed by atoms with Crippen molar-refractivity contribution in [3.05, 3.63) is 36.1 Å². The van der Waals surface area contributed by atoms with E-state index in [0.29, 0.717) is 6.04 Å². The molecular formula is C20H30N4O. The fourth-order valence-electron chi connectivity index (χ4n) is 3.76. The number of benzene rings is 1. The van der Waals surface area contributed by atoms with Gasteiger partial charge >= 0.3 is 0 Å². The van der Waals surface area contributed by atoms with Crippen LogP contribution in [0.1, 0.15) is 25.5 Å². The molecule has 1 saturated heterocycles. The van der Waals surface area contributed by atoms with Crippen LogP contribution < -0.4 is 5.32 Å². The second-order valence-electron chi connectivity index (χ2n) is 6.78. The smallest absolute Gasteiger partial charge is 0.193 e. The highest BCUT2D eigenvalue weighted by Crippen LogP contribution is 2.19. The number of aliphatic imine (C=N–C) groups is 1. The summed E-state index contributed by atoms with van der Waals surface area (Å²) in [7, 11) is 3.98. The zero-order chi connectivity index (χ0) is 17.6. The van der Waals surface area contributed by atoms with E-state index < -0.39 is 0 Å². The van der Waals surface area contributed by atoms with E-state index in [1.807, 2.05) is 25.2 Å². The third kappa shape index (κ3) is 4.34. The predicted molar refractivity (Wildman–Crippen MR) is 104 cm³/mol. The van der Waals surface area contributed by atoms with Crippen LogP contribution in [0.5, 0.6) is 0 Å². The highest BCUT2D eigenvalue weighted by molar-refractivity contribution is 5.80. The Hall–Kier alpha value is -2.01. The molecule has 1 aromatic heterocycles. The highest BCUT2D eigenvalue weighted by Gasteiger charge is 2.24. The van der Waals surface area contributed by atoms with Crippen LogP contribution in [0.15, 0.2) is 39.7 Å². The Bertz CT molecular complexity index is 676. The summed E-state index contributed by atoms with van der Waals surface area (Å²) < 4.78 is 5.88. The summed E-state index contributed by atoms with van der Waals surface area (Å²) >= 11 is 0. The van der Waals surface area contributed by atoms with Crippen LogP contribution in [0, 0.1) is 0 Å². The molecule has 0 spiro atoms. The first kappa shape index (κ1) is 17.8. The summed E-state index contributed by atoms with van der Waals surface area (Å²) in [4.78, 5) is 9.25. The molecule has 5 heteroatoms.